The zero-order valence-electron chi connectivity index (χ0n) is 13.0. The number of hydrogen-bond donors (Lipinski definition) is 0. The number of carbonyl (C=O) groups excluding carboxylic acids is 1. The molecule has 1 aromatic rings. The Labute approximate surface area is 131 Å². The standard InChI is InChI=1S/C18H22N2O2/c1-22-17-10-15-7-8-16(11-17)20(15)18(21)9-6-13-2-4-14(12-19)5-3-13/h2-5,15-17H,6-11H2,1H3. The van der Waals surface area contributed by atoms with Crippen LogP contribution in [0.3, 0.4) is 0 Å². The van der Waals surface area contributed by atoms with Crippen LogP contribution in [0.5, 0.6) is 0 Å². The summed E-state index contributed by atoms with van der Waals surface area (Å²) in [6, 6.07) is 10.4. The fourth-order valence-electron chi connectivity index (χ4n) is 3.85. The Morgan fingerprint density at radius 3 is 2.45 bits per heavy atom. The maximum atomic E-state index is 12.6. The lowest BCUT2D eigenvalue weighted by Crippen LogP contribution is -2.48. The van der Waals surface area contributed by atoms with E-state index < -0.39 is 0 Å². The molecule has 2 bridgehead atoms. The number of rotatable bonds is 4. The Morgan fingerprint density at radius 1 is 1.27 bits per heavy atom. The van der Waals surface area contributed by atoms with Gasteiger partial charge in [-0.3, -0.25) is 4.79 Å². The Morgan fingerprint density at radius 2 is 1.91 bits per heavy atom. The number of fused-ring (bicyclic) bond motifs is 2. The van der Waals surface area contributed by atoms with Crippen molar-refractivity contribution in [2.24, 2.45) is 0 Å². The lowest BCUT2D eigenvalue weighted by molar-refractivity contribution is -0.137. The van der Waals surface area contributed by atoms with E-state index in [0.717, 1.165) is 37.7 Å². The van der Waals surface area contributed by atoms with Crippen LogP contribution >= 0.6 is 0 Å². The summed E-state index contributed by atoms with van der Waals surface area (Å²) < 4.78 is 5.49. The van der Waals surface area contributed by atoms with Gasteiger partial charge in [-0.2, -0.15) is 5.26 Å². The highest BCUT2D eigenvalue weighted by atomic mass is 16.5. The van der Waals surface area contributed by atoms with Gasteiger partial charge in [0.05, 0.1) is 17.7 Å². The van der Waals surface area contributed by atoms with Crippen molar-refractivity contribution in [1.82, 2.24) is 4.90 Å². The SMILES string of the molecule is COC1CC2CCC(C1)N2C(=O)CCc1ccc(C#N)cc1. The lowest BCUT2D eigenvalue weighted by atomic mass is 9.98. The minimum Gasteiger partial charge on any atom is -0.381 e. The number of amides is 1. The predicted octanol–water partition coefficient (Wildman–Crippen LogP) is 2.66. The predicted molar refractivity (Wildman–Crippen MR) is 83.2 cm³/mol. The number of nitrogens with zero attached hydrogens (tertiary/aromatic N) is 2. The van der Waals surface area contributed by atoms with Crippen LogP contribution in [0.4, 0.5) is 0 Å². The molecule has 3 rings (SSSR count). The largest absolute Gasteiger partial charge is 0.381 e. The molecular formula is C18H22N2O2. The molecule has 2 aliphatic rings. The summed E-state index contributed by atoms with van der Waals surface area (Å²) >= 11 is 0. The average molecular weight is 298 g/mol. The third-order valence-corrected chi connectivity index (χ3v) is 5.02. The molecule has 0 saturated carbocycles. The molecule has 0 radical (unpaired) electrons. The molecule has 2 saturated heterocycles. The van der Waals surface area contributed by atoms with E-state index in [4.69, 9.17) is 10.00 Å². The second-order valence-electron chi connectivity index (χ2n) is 6.32. The molecular weight excluding hydrogens is 276 g/mol. The van der Waals surface area contributed by atoms with Gasteiger partial charge in [0.15, 0.2) is 0 Å². The zero-order valence-corrected chi connectivity index (χ0v) is 13.0. The Hall–Kier alpha value is -1.86. The maximum absolute atomic E-state index is 12.6. The van der Waals surface area contributed by atoms with Crippen molar-refractivity contribution in [1.29, 1.82) is 5.26 Å². The van der Waals surface area contributed by atoms with Crippen molar-refractivity contribution < 1.29 is 9.53 Å². The monoisotopic (exact) mass is 298 g/mol. The van der Waals surface area contributed by atoms with Crippen LogP contribution in [0.25, 0.3) is 0 Å². The summed E-state index contributed by atoms with van der Waals surface area (Å²) in [4.78, 5) is 14.7. The van der Waals surface area contributed by atoms with Gasteiger partial charge in [-0.05, 0) is 49.8 Å². The third-order valence-electron chi connectivity index (χ3n) is 5.02. The molecule has 2 atom stereocenters. The molecule has 0 spiro atoms. The number of hydrogen-bond acceptors (Lipinski definition) is 3. The van der Waals surface area contributed by atoms with Crippen molar-refractivity contribution >= 4 is 5.91 Å². The van der Waals surface area contributed by atoms with Crippen molar-refractivity contribution in [3.8, 4) is 6.07 Å². The van der Waals surface area contributed by atoms with E-state index in [2.05, 4.69) is 11.0 Å². The molecule has 22 heavy (non-hydrogen) atoms. The van der Waals surface area contributed by atoms with Gasteiger partial charge in [0.1, 0.15) is 0 Å². The highest BCUT2D eigenvalue weighted by molar-refractivity contribution is 5.77. The number of nitriles is 1. The molecule has 2 unspecified atom stereocenters. The van der Waals surface area contributed by atoms with Crippen LogP contribution < -0.4 is 0 Å². The number of benzene rings is 1. The first-order valence-electron chi connectivity index (χ1n) is 8.04. The summed E-state index contributed by atoms with van der Waals surface area (Å²) in [6.07, 6.45) is 5.82. The van der Waals surface area contributed by atoms with Gasteiger partial charge in [0.2, 0.25) is 5.91 Å². The minimum atomic E-state index is 0.270. The summed E-state index contributed by atoms with van der Waals surface area (Å²) in [7, 11) is 1.77. The van der Waals surface area contributed by atoms with Crippen molar-refractivity contribution in [2.75, 3.05) is 7.11 Å². The highest BCUT2D eigenvalue weighted by Crippen LogP contribution is 2.37. The van der Waals surface area contributed by atoms with Crippen LogP contribution in [-0.4, -0.2) is 36.1 Å². The molecule has 0 aliphatic carbocycles. The normalized spacial score (nSPS) is 26.7. The molecule has 4 nitrogen and oxygen atoms in total. The molecule has 116 valence electrons. The minimum absolute atomic E-state index is 0.270. The van der Waals surface area contributed by atoms with Gasteiger partial charge < -0.3 is 9.64 Å². The third kappa shape index (κ3) is 3.00. The maximum Gasteiger partial charge on any atom is 0.223 e. The summed E-state index contributed by atoms with van der Waals surface area (Å²) in [5.41, 5.74) is 1.78. The smallest absolute Gasteiger partial charge is 0.223 e. The second kappa shape index (κ2) is 6.50. The van der Waals surface area contributed by atoms with Crippen molar-refractivity contribution in [3.63, 3.8) is 0 Å². The summed E-state index contributed by atoms with van der Waals surface area (Å²) in [5.74, 6) is 0.270. The van der Waals surface area contributed by atoms with Crippen molar-refractivity contribution in [2.45, 2.75) is 56.7 Å². The topological polar surface area (TPSA) is 53.3 Å². The highest BCUT2D eigenvalue weighted by Gasteiger charge is 2.42. The average Bonchev–Trinajstić information content (AvgIpc) is 2.83. The Bertz CT molecular complexity index is 562. The molecule has 2 fully saturated rings. The van der Waals surface area contributed by atoms with E-state index in [9.17, 15) is 4.79 Å². The summed E-state index contributed by atoms with van der Waals surface area (Å²) in [5, 5.41) is 8.80. The van der Waals surface area contributed by atoms with E-state index in [0.29, 0.717) is 30.2 Å². The van der Waals surface area contributed by atoms with Crippen molar-refractivity contribution in [3.05, 3.63) is 35.4 Å². The Balaban J connectivity index is 1.57. The first kappa shape index (κ1) is 15.1. The van der Waals surface area contributed by atoms with Crippen LogP contribution in [0.1, 0.15) is 43.2 Å². The molecule has 0 N–H and O–H groups in total. The number of ether oxygens (including phenoxy) is 1. The van der Waals surface area contributed by atoms with Crippen LogP contribution in [-0.2, 0) is 16.0 Å². The van der Waals surface area contributed by atoms with Crippen LogP contribution in [0, 0.1) is 11.3 Å². The first-order valence-corrected chi connectivity index (χ1v) is 8.04. The van der Waals surface area contributed by atoms with E-state index in [1.165, 1.54) is 0 Å². The molecule has 2 aliphatic heterocycles. The molecule has 2 heterocycles. The number of piperidine rings is 1. The number of aryl methyl sites for hydroxylation is 1. The number of methoxy groups -OCH3 is 1. The van der Waals surface area contributed by atoms with Gasteiger partial charge in [-0.25, -0.2) is 0 Å². The Kier molecular flexibility index (Phi) is 4.44. The molecule has 1 aromatic carbocycles. The van der Waals surface area contributed by atoms with E-state index in [1.54, 1.807) is 7.11 Å². The van der Waals surface area contributed by atoms with Gasteiger partial charge in [-0.1, -0.05) is 12.1 Å². The van der Waals surface area contributed by atoms with Gasteiger partial charge in [-0.15, -0.1) is 0 Å². The quantitative estimate of drug-likeness (QED) is 0.858. The van der Waals surface area contributed by atoms with Gasteiger partial charge in [0, 0.05) is 25.6 Å². The van der Waals surface area contributed by atoms with Crippen LogP contribution in [0.2, 0.25) is 0 Å². The van der Waals surface area contributed by atoms with Gasteiger partial charge in [0.25, 0.3) is 0 Å². The molecule has 0 aromatic heterocycles. The fraction of sp³-hybridized carbons (Fsp3) is 0.556. The second-order valence-corrected chi connectivity index (χ2v) is 6.32. The van der Waals surface area contributed by atoms with Gasteiger partial charge >= 0.3 is 0 Å². The fourth-order valence-corrected chi connectivity index (χ4v) is 3.85. The molecule has 1 amide bonds. The first-order chi connectivity index (χ1) is 10.7. The van der Waals surface area contributed by atoms with E-state index in [-0.39, 0.29) is 5.91 Å². The lowest BCUT2D eigenvalue weighted by Gasteiger charge is -2.38. The van der Waals surface area contributed by atoms with E-state index in [1.807, 2.05) is 24.3 Å². The zero-order chi connectivity index (χ0) is 15.5. The summed E-state index contributed by atoms with van der Waals surface area (Å²) in [6.45, 7) is 0. The van der Waals surface area contributed by atoms with Crippen LogP contribution in [0.15, 0.2) is 24.3 Å². The van der Waals surface area contributed by atoms with E-state index >= 15 is 0 Å². The number of carbonyl (C=O) groups is 1. The molecule has 4 heteroatoms.